The molecule has 0 fully saturated rings. The van der Waals surface area contributed by atoms with Gasteiger partial charge in [-0.3, -0.25) is 31.3 Å². The number of carbonyl (C=O) groups excluding carboxylic acids is 2. The lowest BCUT2D eigenvalue weighted by molar-refractivity contribution is 0.0954. The minimum atomic E-state index is -0.424. The van der Waals surface area contributed by atoms with E-state index in [4.69, 9.17) is 17.3 Å². The van der Waals surface area contributed by atoms with Gasteiger partial charge < -0.3 is 5.73 Å². The SMILES string of the molecule is Nc1c(NNC(=O)c2ccccc2)ncnc1NNC(=O)c1cccc(Cl)c1. The van der Waals surface area contributed by atoms with E-state index < -0.39 is 5.91 Å². The van der Waals surface area contributed by atoms with E-state index in [0.29, 0.717) is 16.1 Å². The van der Waals surface area contributed by atoms with Gasteiger partial charge in [-0.15, -0.1) is 0 Å². The second kappa shape index (κ2) is 8.69. The van der Waals surface area contributed by atoms with Gasteiger partial charge >= 0.3 is 0 Å². The zero-order valence-electron chi connectivity index (χ0n) is 14.4. The summed E-state index contributed by atoms with van der Waals surface area (Å²) in [7, 11) is 0. The quantitative estimate of drug-likeness (QED) is 0.402. The van der Waals surface area contributed by atoms with Crippen LogP contribution in [0.25, 0.3) is 0 Å². The fraction of sp³-hybridized carbons (Fsp3) is 0. The average molecular weight is 398 g/mol. The summed E-state index contributed by atoms with van der Waals surface area (Å²) in [6, 6.07) is 15.1. The molecule has 9 nitrogen and oxygen atoms in total. The van der Waals surface area contributed by atoms with Crippen LogP contribution in [0.3, 0.4) is 0 Å². The standard InChI is InChI=1S/C18H16ClN7O2/c19-13-8-4-7-12(9-13)18(28)26-24-16-14(20)15(21-10-22-16)23-25-17(27)11-5-2-1-3-6-11/h1-10H,20H2,(H,25,27)(H,26,28)(H2,21,22,23,24). The summed E-state index contributed by atoms with van der Waals surface area (Å²) in [6.07, 6.45) is 1.22. The Kier molecular flexibility index (Phi) is 5.87. The lowest BCUT2D eigenvalue weighted by Gasteiger charge is -2.13. The Hall–Kier alpha value is -3.85. The number of nitrogens with zero attached hydrogens (tertiary/aromatic N) is 2. The van der Waals surface area contributed by atoms with Gasteiger partial charge in [-0.25, -0.2) is 9.97 Å². The third kappa shape index (κ3) is 4.65. The van der Waals surface area contributed by atoms with Gasteiger partial charge in [0.15, 0.2) is 11.6 Å². The number of hydrogen-bond donors (Lipinski definition) is 5. The molecule has 0 aliphatic rings. The van der Waals surface area contributed by atoms with Gasteiger partial charge in [0, 0.05) is 16.1 Å². The highest BCUT2D eigenvalue weighted by Gasteiger charge is 2.11. The van der Waals surface area contributed by atoms with Crippen molar-refractivity contribution in [1.29, 1.82) is 0 Å². The van der Waals surface area contributed by atoms with Gasteiger partial charge in [-0.05, 0) is 30.3 Å². The van der Waals surface area contributed by atoms with Crippen LogP contribution in [0.1, 0.15) is 20.7 Å². The molecule has 0 spiro atoms. The molecular formula is C18H16ClN7O2. The Balaban J connectivity index is 1.62. The first kappa shape index (κ1) is 18.9. The van der Waals surface area contributed by atoms with Gasteiger partial charge in [-0.2, -0.15) is 0 Å². The summed E-state index contributed by atoms with van der Waals surface area (Å²) in [6.45, 7) is 0. The van der Waals surface area contributed by atoms with Crippen LogP contribution in [-0.4, -0.2) is 21.8 Å². The van der Waals surface area contributed by atoms with Gasteiger partial charge in [0.05, 0.1) is 0 Å². The first-order chi connectivity index (χ1) is 13.5. The van der Waals surface area contributed by atoms with E-state index in [2.05, 4.69) is 31.7 Å². The molecule has 0 radical (unpaired) electrons. The minimum absolute atomic E-state index is 0.0993. The molecule has 3 aromatic rings. The summed E-state index contributed by atoms with van der Waals surface area (Å²) in [5.41, 5.74) is 17.1. The Labute approximate surface area is 165 Å². The normalized spacial score (nSPS) is 10.0. The number of nitrogens with two attached hydrogens (primary N) is 1. The lowest BCUT2D eigenvalue weighted by atomic mass is 10.2. The molecule has 0 atom stereocenters. The topological polar surface area (TPSA) is 134 Å². The molecule has 1 heterocycles. The molecule has 0 aliphatic heterocycles. The highest BCUT2D eigenvalue weighted by atomic mass is 35.5. The second-order valence-corrected chi connectivity index (χ2v) is 5.96. The summed E-state index contributed by atoms with van der Waals surface area (Å²) in [5.74, 6) is -0.463. The van der Waals surface area contributed by atoms with Gasteiger partial charge in [0.25, 0.3) is 11.8 Å². The molecule has 10 heteroatoms. The van der Waals surface area contributed by atoms with E-state index in [-0.39, 0.29) is 23.2 Å². The fourth-order valence-electron chi connectivity index (χ4n) is 2.19. The first-order valence-electron chi connectivity index (χ1n) is 8.08. The number of rotatable bonds is 6. The number of nitrogens with one attached hydrogen (secondary N) is 4. The maximum Gasteiger partial charge on any atom is 0.269 e. The number of anilines is 3. The highest BCUT2D eigenvalue weighted by molar-refractivity contribution is 6.30. The molecule has 0 saturated heterocycles. The van der Waals surface area contributed by atoms with E-state index in [0.717, 1.165) is 0 Å². The number of amides is 2. The Bertz CT molecular complexity index is 998. The molecule has 2 aromatic carbocycles. The number of carbonyl (C=O) groups is 2. The van der Waals surface area contributed by atoms with Crippen LogP contribution in [-0.2, 0) is 0 Å². The van der Waals surface area contributed by atoms with Crippen molar-refractivity contribution in [2.75, 3.05) is 16.6 Å². The van der Waals surface area contributed by atoms with Crippen molar-refractivity contribution in [2.24, 2.45) is 0 Å². The summed E-state index contributed by atoms with van der Waals surface area (Å²) in [5, 5.41) is 0.440. The van der Waals surface area contributed by atoms with Gasteiger partial charge in [0.1, 0.15) is 12.0 Å². The highest BCUT2D eigenvalue weighted by Crippen LogP contribution is 2.21. The van der Waals surface area contributed by atoms with Crippen molar-refractivity contribution in [3.8, 4) is 0 Å². The van der Waals surface area contributed by atoms with Crippen LogP contribution in [0.4, 0.5) is 17.3 Å². The van der Waals surface area contributed by atoms with Crippen LogP contribution in [0.2, 0.25) is 5.02 Å². The number of aromatic nitrogens is 2. The third-order valence-corrected chi connectivity index (χ3v) is 3.83. The molecule has 0 bridgehead atoms. The van der Waals surface area contributed by atoms with Crippen LogP contribution >= 0.6 is 11.6 Å². The first-order valence-corrected chi connectivity index (χ1v) is 8.46. The predicted octanol–water partition coefficient (Wildman–Crippen LogP) is 2.23. The zero-order valence-corrected chi connectivity index (χ0v) is 15.2. The van der Waals surface area contributed by atoms with Crippen molar-refractivity contribution in [3.05, 3.63) is 77.1 Å². The van der Waals surface area contributed by atoms with E-state index in [1.807, 2.05) is 6.07 Å². The fourth-order valence-corrected chi connectivity index (χ4v) is 2.38. The zero-order chi connectivity index (χ0) is 19.9. The van der Waals surface area contributed by atoms with Crippen molar-refractivity contribution in [3.63, 3.8) is 0 Å². The summed E-state index contributed by atoms with van der Waals surface area (Å²) >= 11 is 5.87. The average Bonchev–Trinajstić information content (AvgIpc) is 2.72. The lowest BCUT2D eigenvalue weighted by Crippen LogP contribution is -2.32. The Morgan fingerprint density at radius 3 is 2.00 bits per heavy atom. The molecule has 6 N–H and O–H groups in total. The largest absolute Gasteiger partial charge is 0.393 e. The monoisotopic (exact) mass is 397 g/mol. The molecule has 0 aliphatic carbocycles. The molecule has 142 valence electrons. The molecule has 0 unspecified atom stereocenters. The number of benzene rings is 2. The van der Waals surface area contributed by atoms with Crippen molar-refractivity contribution < 1.29 is 9.59 Å². The van der Waals surface area contributed by atoms with Crippen LogP contribution < -0.4 is 27.4 Å². The molecular weight excluding hydrogens is 382 g/mol. The Morgan fingerprint density at radius 1 is 0.821 bits per heavy atom. The van der Waals surface area contributed by atoms with Gasteiger partial charge in [0.2, 0.25) is 0 Å². The maximum atomic E-state index is 12.1. The number of hydrazine groups is 2. The summed E-state index contributed by atoms with van der Waals surface area (Å²) < 4.78 is 0. The van der Waals surface area contributed by atoms with Crippen molar-refractivity contribution in [2.45, 2.75) is 0 Å². The molecule has 1 aromatic heterocycles. The van der Waals surface area contributed by atoms with Crippen molar-refractivity contribution >= 4 is 40.7 Å². The molecule has 2 amide bonds. The molecule has 0 saturated carbocycles. The Morgan fingerprint density at radius 2 is 1.39 bits per heavy atom. The van der Waals surface area contributed by atoms with Crippen LogP contribution in [0.15, 0.2) is 60.9 Å². The smallest absolute Gasteiger partial charge is 0.269 e. The van der Waals surface area contributed by atoms with Crippen LogP contribution in [0.5, 0.6) is 0 Å². The maximum absolute atomic E-state index is 12.1. The molecule has 3 rings (SSSR count). The number of hydrogen-bond acceptors (Lipinski definition) is 7. The number of halogens is 1. The summed E-state index contributed by atoms with van der Waals surface area (Å²) in [4.78, 5) is 32.2. The van der Waals surface area contributed by atoms with E-state index >= 15 is 0 Å². The molecule has 28 heavy (non-hydrogen) atoms. The van der Waals surface area contributed by atoms with E-state index in [9.17, 15) is 9.59 Å². The third-order valence-electron chi connectivity index (χ3n) is 3.60. The minimum Gasteiger partial charge on any atom is -0.393 e. The number of nitrogen functional groups attached to an aromatic ring is 1. The van der Waals surface area contributed by atoms with E-state index in [1.54, 1.807) is 42.5 Å². The van der Waals surface area contributed by atoms with Crippen molar-refractivity contribution in [1.82, 2.24) is 20.8 Å². The van der Waals surface area contributed by atoms with Crippen LogP contribution in [0, 0.1) is 0 Å². The predicted molar refractivity (Wildman–Crippen MR) is 107 cm³/mol. The van der Waals surface area contributed by atoms with Gasteiger partial charge in [-0.1, -0.05) is 35.9 Å². The van der Waals surface area contributed by atoms with E-state index in [1.165, 1.54) is 12.4 Å². The second-order valence-electron chi connectivity index (χ2n) is 5.52.